The smallest absolute Gasteiger partial charge is 0.330 e. The zero-order chi connectivity index (χ0) is 15.7. The number of nitrogens with zero attached hydrogens (tertiary/aromatic N) is 1. The predicted molar refractivity (Wildman–Crippen MR) is 71.2 cm³/mol. The van der Waals surface area contributed by atoms with Gasteiger partial charge >= 0.3 is 5.69 Å². The minimum Gasteiger partial charge on any atom is -0.393 e. The molecule has 2 atom stereocenters. The molecule has 1 aromatic heterocycles. The summed E-state index contributed by atoms with van der Waals surface area (Å²) in [6.45, 7) is -0.957. The average Bonchev–Trinajstić information content (AvgIpc) is 2.81. The van der Waals surface area contributed by atoms with Crippen LogP contribution in [-0.2, 0) is 19.0 Å². The molecule has 0 aliphatic carbocycles. The van der Waals surface area contributed by atoms with Crippen LogP contribution in [0.1, 0.15) is 6.23 Å². The topological polar surface area (TPSA) is 128 Å². The van der Waals surface area contributed by atoms with Crippen LogP contribution in [0.15, 0.2) is 34.0 Å². The lowest BCUT2D eigenvalue weighted by Crippen LogP contribution is -2.40. The maximum absolute atomic E-state index is 11.6. The van der Waals surface area contributed by atoms with Gasteiger partial charge in [-0.25, -0.2) is 4.79 Å². The van der Waals surface area contributed by atoms with Crippen molar-refractivity contribution in [2.45, 2.75) is 11.8 Å². The van der Waals surface area contributed by atoms with Crippen LogP contribution >= 0.6 is 0 Å². The van der Waals surface area contributed by atoms with E-state index in [1.54, 1.807) is 0 Å². The lowest BCUT2D eigenvalue weighted by molar-refractivity contribution is -0.102. The molecule has 0 aromatic carbocycles. The molecule has 1 aliphatic rings. The standard InChI is InChI=1S/C11H14N2O7S/c1-21(17,18)19-7-11(6-14)4-2-9(20-11)13-5-3-8(15)12-10(13)16/h2-5,9,14H,6-7H2,1H3,(H,12,15,16)/t9-,11+/m0/s1. The Kier molecular flexibility index (Phi) is 4.14. The summed E-state index contributed by atoms with van der Waals surface area (Å²) in [4.78, 5) is 24.7. The fraction of sp³-hybridized carbons (Fsp3) is 0.455. The van der Waals surface area contributed by atoms with Gasteiger partial charge in [-0.3, -0.25) is 18.5 Å². The lowest BCUT2D eigenvalue weighted by Gasteiger charge is -2.26. The Morgan fingerprint density at radius 2 is 2.24 bits per heavy atom. The molecule has 10 heteroatoms. The molecule has 2 heterocycles. The van der Waals surface area contributed by atoms with Crippen LogP contribution in [0.5, 0.6) is 0 Å². The molecular weight excluding hydrogens is 304 g/mol. The monoisotopic (exact) mass is 318 g/mol. The second kappa shape index (κ2) is 5.56. The fourth-order valence-corrected chi connectivity index (χ4v) is 2.19. The number of rotatable bonds is 5. The Labute approximate surface area is 119 Å². The van der Waals surface area contributed by atoms with E-state index in [4.69, 9.17) is 4.74 Å². The third-order valence-electron chi connectivity index (χ3n) is 2.83. The molecule has 2 rings (SSSR count). The van der Waals surface area contributed by atoms with Gasteiger partial charge in [0.2, 0.25) is 0 Å². The highest BCUT2D eigenvalue weighted by Gasteiger charge is 2.37. The van der Waals surface area contributed by atoms with E-state index in [1.807, 2.05) is 0 Å². The van der Waals surface area contributed by atoms with Crippen LogP contribution < -0.4 is 11.2 Å². The molecule has 0 radical (unpaired) electrons. The summed E-state index contributed by atoms with van der Waals surface area (Å²) in [6.07, 6.45) is 4.11. The van der Waals surface area contributed by atoms with Gasteiger partial charge < -0.3 is 9.84 Å². The van der Waals surface area contributed by atoms with Gasteiger partial charge in [-0.05, 0) is 12.2 Å². The largest absolute Gasteiger partial charge is 0.393 e. The average molecular weight is 318 g/mol. The molecular formula is C11H14N2O7S. The van der Waals surface area contributed by atoms with Crippen molar-refractivity contribution in [3.05, 3.63) is 45.3 Å². The molecule has 1 aromatic rings. The van der Waals surface area contributed by atoms with Gasteiger partial charge in [-0.15, -0.1) is 0 Å². The van der Waals surface area contributed by atoms with Gasteiger partial charge in [-0.1, -0.05) is 0 Å². The van der Waals surface area contributed by atoms with Gasteiger partial charge in [0, 0.05) is 12.3 Å². The minimum absolute atomic E-state index is 0.423. The van der Waals surface area contributed by atoms with Crippen LogP contribution in [0.25, 0.3) is 0 Å². The first-order valence-electron chi connectivity index (χ1n) is 5.89. The number of aliphatic hydroxyl groups is 1. The highest BCUT2D eigenvalue weighted by molar-refractivity contribution is 7.85. The highest BCUT2D eigenvalue weighted by atomic mass is 32.2. The molecule has 2 N–H and O–H groups in total. The molecule has 0 bridgehead atoms. The third kappa shape index (κ3) is 3.67. The maximum Gasteiger partial charge on any atom is 0.330 e. The summed E-state index contributed by atoms with van der Waals surface area (Å²) in [6, 6.07) is 1.14. The zero-order valence-corrected chi connectivity index (χ0v) is 11.9. The summed E-state index contributed by atoms with van der Waals surface area (Å²) < 4.78 is 33.2. The summed E-state index contributed by atoms with van der Waals surface area (Å²) in [5.74, 6) is 0. The number of aromatic nitrogens is 2. The van der Waals surface area contributed by atoms with E-state index in [-0.39, 0.29) is 0 Å². The molecule has 1 aliphatic heterocycles. The van der Waals surface area contributed by atoms with Crippen LogP contribution in [0.3, 0.4) is 0 Å². The molecule has 9 nitrogen and oxygen atoms in total. The second-order valence-electron chi connectivity index (χ2n) is 4.57. The first kappa shape index (κ1) is 15.6. The number of aromatic amines is 1. The summed E-state index contributed by atoms with van der Waals surface area (Å²) in [5.41, 5.74) is -2.61. The van der Waals surface area contributed by atoms with Crippen molar-refractivity contribution in [3.63, 3.8) is 0 Å². The maximum atomic E-state index is 11.6. The molecule has 21 heavy (non-hydrogen) atoms. The normalized spacial score (nSPS) is 25.3. The summed E-state index contributed by atoms with van der Waals surface area (Å²) in [5, 5.41) is 9.40. The van der Waals surface area contributed by atoms with E-state index in [1.165, 1.54) is 18.3 Å². The number of aliphatic hydroxyl groups excluding tert-OH is 1. The van der Waals surface area contributed by atoms with Gasteiger partial charge in [0.15, 0.2) is 6.23 Å². The van der Waals surface area contributed by atoms with Crippen molar-refractivity contribution in [1.29, 1.82) is 0 Å². The minimum atomic E-state index is -3.70. The number of H-pyrrole nitrogens is 1. The Morgan fingerprint density at radius 3 is 2.81 bits per heavy atom. The van der Waals surface area contributed by atoms with E-state index in [2.05, 4.69) is 9.17 Å². The van der Waals surface area contributed by atoms with Gasteiger partial charge in [-0.2, -0.15) is 8.42 Å². The highest BCUT2D eigenvalue weighted by Crippen LogP contribution is 2.29. The van der Waals surface area contributed by atoms with Crippen molar-refractivity contribution in [2.24, 2.45) is 0 Å². The number of nitrogens with one attached hydrogen (secondary N) is 1. The molecule has 0 fully saturated rings. The number of ether oxygens (including phenoxy) is 1. The zero-order valence-electron chi connectivity index (χ0n) is 11.1. The van der Waals surface area contributed by atoms with Gasteiger partial charge in [0.05, 0.1) is 12.9 Å². The first-order chi connectivity index (χ1) is 9.75. The lowest BCUT2D eigenvalue weighted by atomic mass is 10.1. The van der Waals surface area contributed by atoms with E-state index in [0.717, 1.165) is 16.9 Å². The van der Waals surface area contributed by atoms with E-state index in [9.17, 15) is 23.1 Å². The molecule has 0 saturated heterocycles. The number of hydrogen-bond donors (Lipinski definition) is 2. The molecule has 0 unspecified atom stereocenters. The Morgan fingerprint density at radius 1 is 1.52 bits per heavy atom. The molecule has 0 saturated carbocycles. The van der Waals surface area contributed by atoms with Crippen LogP contribution in [0.4, 0.5) is 0 Å². The molecule has 0 amide bonds. The fourth-order valence-electron chi connectivity index (χ4n) is 1.78. The number of hydrogen-bond acceptors (Lipinski definition) is 7. The van der Waals surface area contributed by atoms with Crippen LogP contribution in [0, 0.1) is 0 Å². The van der Waals surface area contributed by atoms with Gasteiger partial charge in [0.1, 0.15) is 12.2 Å². The Bertz CT molecular complexity index is 763. The third-order valence-corrected chi connectivity index (χ3v) is 3.38. The summed E-state index contributed by atoms with van der Waals surface area (Å²) in [7, 11) is -3.70. The van der Waals surface area contributed by atoms with Gasteiger partial charge in [0.25, 0.3) is 15.7 Å². The van der Waals surface area contributed by atoms with Crippen LogP contribution in [0.2, 0.25) is 0 Å². The molecule has 116 valence electrons. The van der Waals surface area contributed by atoms with Crippen molar-refractivity contribution in [1.82, 2.24) is 9.55 Å². The van der Waals surface area contributed by atoms with E-state index in [0.29, 0.717) is 0 Å². The Balaban J connectivity index is 2.20. The van der Waals surface area contributed by atoms with E-state index < -0.39 is 46.4 Å². The van der Waals surface area contributed by atoms with Crippen molar-refractivity contribution >= 4 is 10.1 Å². The van der Waals surface area contributed by atoms with Crippen LogP contribution in [-0.4, -0.2) is 48.1 Å². The first-order valence-corrected chi connectivity index (χ1v) is 7.70. The quantitative estimate of drug-likeness (QED) is 0.490. The summed E-state index contributed by atoms with van der Waals surface area (Å²) >= 11 is 0. The molecule has 0 spiro atoms. The van der Waals surface area contributed by atoms with Crippen molar-refractivity contribution in [2.75, 3.05) is 19.5 Å². The Hall–Kier alpha value is -1.75. The SMILES string of the molecule is CS(=O)(=O)OC[C@]1(CO)C=C[C@@H](n2ccc(=O)[nH]c2=O)O1. The van der Waals surface area contributed by atoms with E-state index >= 15 is 0 Å². The van der Waals surface area contributed by atoms with Crippen molar-refractivity contribution < 1.29 is 22.4 Å². The van der Waals surface area contributed by atoms with Crippen molar-refractivity contribution in [3.8, 4) is 0 Å². The predicted octanol–water partition coefficient (Wildman–Crippen LogP) is -1.67. The second-order valence-corrected chi connectivity index (χ2v) is 6.22.